The van der Waals surface area contributed by atoms with E-state index in [1.807, 2.05) is 0 Å². The third-order valence-electron chi connectivity index (χ3n) is 7.49. The summed E-state index contributed by atoms with van der Waals surface area (Å²) in [6.07, 6.45) is 18.3. The van der Waals surface area contributed by atoms with Crippen molar-refractivity contribution in [3.8, 4) is 0 Å². The quantitative estimate of drug-likeness (QED) is 0.0249. The van der Waals surface area contributed by atoms with Crippen molar-refractivity contribution >= 4 is 31.5 Å². The Balaban J connectivity index is 4.44. The smallest absolute Gasteiger partial charge is 0.472 e. The fraction of sp³-hybridized carbons (Fsp3) is 0.824. The molecular formula is C34H61O13P. The minimum absolute atomic E-state index is 0.0413. The van der Waals surface area contributed by atoms with Crippen molar-refractivity contribution in [2.75, 3.05) is 26.4 Å². The normalized spacial score (nSPS) is 14.0. The summed E-state index contributed by atoms with van der Waals surface area (Å²) in [4.78, 5) is 56.6. The molecule has 0 saturated carbocycles. The number of ether oxygens (including phenoxy) is 2. The van der Waals surface area contributed by atoms with Crippen molar-refractivity contribution in [2.24, 2.45) is 0 Å². The first-order valence-electron chi connectivity index (χ1n) is 17.7. The number of phosphoric acid groups is 1. The maximum absolute atomic E-state index is 12.4. The molecule has 13 nitrogen and oxygen atoms in total. The highest BCUT2D eigenvalue weighted by Gasteiger charge is 2.27. The average molecular weight is 709 g/mol. The van der Waals surface area contributed by atoms with Crippen LogP contribution in [0.1, 0.15) is 142 Å². The highest BCUT2D eigenvalue weighted by Crippen LogP contribution is 2.43. The van der Waals surface area contributed by atoms with Gasteiger partial charge in [-0.3, -0.25) is 23.4 Å². The Hall–Kier alpha value is -2.15. The number of allylic oxidation sites excluding steroid dienone is 1. The Bertz CT molecular complexity index is 940. The van der Waals surface area contributed by atoms with Crippen LogP contribution in [0.3, 0.4) is 0 Å². The monoisotopic (exact) mass is 708 g/mol. The number of hydrogen-bond acceptors (Lipinski definition) is 11. The van der Waals surface area contributed by atoms with Crippen LogP contribution in [0.25, 0.3) is 0 Å². The second kappa shape index (κ2) is 30.9. The highest BCUT2D eigenvalue weighted by atomic mass is 31.2. The third kappa shape index (κ3) is 31.1. The van der Waals surface area contributed by atoms with Gasteiger partial charge in [-0.05, 0) is 25.3 Å². The number of aliphatic carboxylic acids is 1. The number of aliphatic hydroxyl groups is 2. The summed E-state index contributed by atoms with van der Waals surface area (Å²) in [5, 5.41) is 26.7. The molecule has 0 rings (SSSR count). The predicted molar refractivity (Wildman–Crippen MR) is 180 cm³/mol. The molecule has 48 heavy (non-hydrogen) atoms. The summed E-state index contributed by atoms with van der Waals surface area (Å²) in [6.45, 7) is -0.104. The number of carbonyl (C=O) groups excluding carboxylic acids is 3. The van der Waals surface area contributed by atoms with E-state index in [0.29, 0.717) is 25.7 Å². The summed E-state index contributed by atoms with van der Waals surface area (Å²) in [7, 11) is -4.66. The van der Waals surface area contributed by atoms with Gasteiger partial charge >= 0.3 is 25.7 Å². The molecule has 0 aliphatic carbocycles. The molecule has 0 fully saturated rings. The molecule has 0 saturated heterocycles. The van der Waals surface area contributed by atoms with E-state index in [9.17, 15) is 33.7 Å². The van der Waals surface area contributed by atoms with Crippen molar-refractivity contribution in [3.63, 3.8) is 0 Å². The van der Waals surface area contributed by atoms with Gasteiger partial charge in [0.15, 0.2) is 11.9 Å². The number of rotatable bonds is 34. The third-order valence-corrected chi connectivity index (χ3v) is 8.44. The van der Waals surface area contributed by atoms with Gasteiger partial charge in [-0.15, -0.1) is 0 Å². The molecule has 0 aromatic rings. The van der Waals surface area contributed by atoms with E-state index in [1.54, 1.807) is 0 Å². The van der Waals surface area contributed by atoms with E-state index in [2.05, 4.69) is 11.4 Å². The maximum atomic E-state index is 12.4. The SMILES string of the molecule is CCCCCCCCCCCCCCCC(=O)OC[C@H](COP(=O)(O)OC[C@@H](O)CO)OC(=O)CCCCCCCC(=O)/C=C/C(=O)O. The van der Waals surface area contributed by atoms with E-state index in [4.69, 9.17) is 24.2 Å². The van der Waals surface area contributed by atoms with Crippen LogP contribution in [0, 0.1) is 0 Å². The van der Waals surface area contributed by atoms with Crippen LogP contribution in [0.5, 0.6) is 0 Å². The van der Waals surface area contributed by atoms with Gasteiger partial charge in [0, 0.05) is 25.3 Å². The summed E-state index contributed by atoms with van der Waals surface area (Å²) in [6, 6.07) is 0. The predicted octanol–water partition coefficient (Wildman–Crippen LogP) is 6.35. The number of carbonyl (C=O) groups is 4. The minimum atomic E-state index is -4.66. The topological polar surface area (TPSA) is 203 Å². The van der Waals surface area contributed by atoms with Crippen LogP contribution in [0.15, 0.2) is 12.2 Å². The van der Waals surface area contributed by atoms with E-state index >= 15 is 0 Å². The zero-order chi connectivity index (χ0) is 35.9. The van der Waals surface area contributed by atoms with E-state index < -0.39 is 57.8 Å². The number of aliphatic hydroxyl groups excluding tert-OH is 2. The van der Waals surface area contributed by atoms with E-state index in [-0.39, 0.29) is 31.7 Å². The van der Waals surface area contributed by atoms with E-state index in [1.165, 1.54) is 57.8 Å². The first-order valence-corrected chi connectivity index (χ1v) is 19.2. The molecule has 3 atom stereocenters. The van der Waals surface area contributed by atoms with Gasteiger partial charge in [-0.1, -0.05) is 103 Å². The largest absolute Gasteiger partial charge is 0.478 e. The van der Waals surface area contributed by atoms with Gasteiger partial charge < -0.3 is 29.7 Å². The fourth-order valence-corrected chi connectivity index (χ4v) is 5.49. The van der Waals surface area contributed by atoms with Gasteiger partial charge in [-0.2, -0.15) is 0 Å². The van der Waals surface area contributed by atoms with Crippen molar-refractivity contribution in [3.05, 3.63) is 12.2 Å². The summed E-state index contributed by atoms with van der Waals surface area (Å²) < 4.78 is 32.3. The van der Waals surface area contributed by atoms with Gasteiger partial charge in [0.2, 0.25) is 0 Å². The Kier molecular flexibility index (Phi) is 29.5. The number of ketones is 1. The Morgan fingerprint density at radius 3 is 1.60 bits per heavy atom. The molecule has 14 heteroatoms. The number of phosphoric ester groups is 1. The summed E-state index contributed by atoms with van der Waals surface area (Å²) >= 11 is 0. The lowest BCUT2D eigenvalue weighted by Crippen LogP contribution is -2.29. The van der Waals surface area contributed by atoms with Gasteiger partial charge in [0.25, 0.3) is 0 Å². The number of carboxylic acid groups (broad SMARTS) is 1. The lowest BCUT2D eigenvalue weighted by atomic mass is 10.0. The van der Waals surface area contributed by atoms with Crippen LogP contribution in [0.4, 0.5) is 0 Å². The molecule has 4 N–H and O–H groups in total. The number of carboxylic acids is 1. The molecule has 0 amide bonds. The van der Waals surface area contributed by atoms with Crippen LogP contribution in [-0.2, 0) is 42.3 Å². The molecule has 0 radical (unpaired) electrons. The molecule has 0 heterocycles. The minimum Gasteiger partial charge on any atom is -0.478 e. The molecule has 0 aromatic carbocycles. The second-order valence-corrected chi connectivity index (χ2v) is 13.5. The van der Waals surface area contributed by atoms with Crippen LogP contribution in [0.2, 0.25) is 0 Å². The lowest BCUT2D eigenvalue weighted by Gasteiger charge is -2.20. The maximum Gasteiger partial charge on any atom is 0.472 e. The zero-order valence-corrected chi connectivity index (χ0v) is 29.8. The van der Waals surface area contributed by atoms with E-state index in [0.717, 1.165) is 44.3 Å². The molecule has 0 aromatic heterocycles. The second-order valence-electron chi connectivity index (χ2n) is 12.1. The number of unbranched alkanes of at least 4 members (excludes halogenated alkanes) is 16. The van der Waals surface area contributed by atoms with Crippen LogP contribution >= 0.6 is 7.82 Å². The zero-order valence-electron chi connectivity index (χ0n) is 28.9. The van der Waals surface area contributed by atoms with Gasteiger partial charge in [0.05, 0.1) is 19.8 Å². The molecule has 1 unspecified atom stereocenters. The first kappa shape index (κ1) is 45.9. The number of esters is 2. The molecule has 0 aliphatic rings. The highest BCUT2D eigenvalue weighted by molar-refractivity contribution is 7.47. The fourth-order valence-electron chi connectivity index (χ4n) is 4.70. The Morgan fingerprint density at radius 2 is 1.10 bits per heavy atom. The molecule has 0 aliphatic heterocycles. The molecular weight excluding hydrogens is 647 g/mol. The number of hydrogen-bond donors (Lipinski definition) is 4. The van der Waals surface area contributed by atoms with Crippen LogP contribution < -0.4 is 0 Å². The van der Waals surface area contributed by atoms with Crippen molar-refractivity contribution in [1.29, 1.82) is 0 Å². The molecule has 0 spiro atoms. The Morgan fingerprint density at radius 1 is 0.646 bits per heavy atom. The van der Waals surface area contributed by atoms with Crippen molar-refractivity contribution in [1.82, 2.24) is 0 Å². The first-order chi connectivity index (χ1) is 23.0. The van der Waals surface area contributed by atoms with Crippen LogP contribution in [-0.4, -0.2) is 82.5 Å². The van der Waals surface area contributed by atoms with Gasteiger partial charge in [-0.25, -0.2) is 9.36 Å². The standard InChI is InChI=1S/C34H61O13P/c1-2-3-4-5-6-7-8-9-10-11-12-15-18-21-33(40)44-27-31(28-46-48(42,43)45-26-30(37)25-35)47-34(41)22-19-16-13-14-17-20-29(36)23-24-32(38)39/h23-24,30-31,35,37H,2-22,25-28H2,1H3,(H,38,39)(H,42,43)/b24-23+/t30-,31+/m0/s1. The average Bonchev–Trinajstić information content (AvgIpc) is 3.05. The summed E-state index contributed by atoms with van der Waals surface area (Å²) in [5.41, 5.74) is 0. The van der Waals surface area contributed by atoms with Crippen molar-refractivity contribution in [2.45, 2.75) is 154 Å². The van der Waals surface area contributed by atoms with Crippen molar-refractivity contribution < 1.29 is 62.5 Å². The van der Waals surface area contributed by atoms with Gasteiger partial charge in [0.1, 0.15) is 12.7 Å². The molecule has 0 bridgehead atoms. The molecule has 280 valence electrons. The lowest BCUT2D eigenvalue weighted by molar-refractivity contribution is -0.161. The summed E-state index contributed by atoms with van der Waals surface area (Å²) in [5.74, 6) is -2.54. The Labute approximate surface area is 286 Å².